The van der Waals surface area contributed by atoms with Gasteiger partial charge in [-0.05, 0) is 48.4 Å². The van der Waals surface area contributed by atoms with Crippen molar-refractivity contribution in [3.8, 4) is 0 Å². The molecular formula is C17H19N3O3S. The van der Waals surface area contributed by atoms with Crippen LogP contribution >= 0.6 is 0 Å². The second-order valence-electron chi connectivity index (χ2n) is 5.99. The summed E-state index contributed by atoms with van der Waals surface area (Å²) in [6, 6.07) is 10.1. The van der Waals surface area contributed by atoms with Crippen molar-refractivity contribution in [3.63, 3.8) is 0 Å². The van der Waals surface area contributed by atoms with Crippen molar-refractivity contribution in [2.45, 2.75) is 18.2 Å². The first-order valence-corrected chi connectivity index (χ1v) is 8.99. The molecule has 6 nitrogen and oxygen atoms in total. The molecule has 0 aromatic heterocycles. The zero-order valence-corrected chi connectivity index (χ0v) is 14.6. The molecule has 1 aliphatic heterocycles. The summed E-state index contributed by atoms with van der Waals surface area (Å²) in [5.74, 6) is -0.123. The number of fused-ring (bicyclic) bond motifs is 1. The van der Waals surface area contributed by atoms with Gasteiger partial charge in [-0.2, -0.15) is 0 Å². The summed E-state index contributed by atoms with van der Waals surface area (Å²) in [5, 5.41) is 2.70. The molecule has 3 rings (SSSR count). The van der Waals surface area contributed by atoms with E-state index in [0.29, 0.717) is 16.9 Å². The van der Waals surface area contributed by atoms with E-state index >= 15 is 0 Å². The zero-order chi connectivity index (χ0) is 17.5. The molecule has 0 unspecified atom stereocenters. The number of benzene rings is 2. The monoisotopic (exact) mass is 345 g/mol. The normalized spacial score (nSPS) is 13.4. The van der Waals surface area contributed by atoms with Gasteiger partial charge in [-0.3, -0.25) is 9.52 Å². The molecule has 2 aromatic rings. The summed E-state index contributed by atoms with van der Waals surface area (Å²) in [6.45, 7) is 1.87. The van der Waals surface area contributed by atoms with Gasteiger partial charge in [-0.25, -0.2) is 8.42 Å². The lowest BCUT2D eigenvalue weighted by molar-refractivity contribution is -0.115. The van der Waals surface area contributed by atoms with Crippen molar-refractivity contribution in [1.82, 2.24) is 0 Å². The highest BCUT2D eigenvalue weighted by atomic mass is 32.2. The maximum atomic E-state index is 12.7. The van der Waals surface area contributed by atoms with Gasteiger partial charge in [0.15, 0.2) is 0 Å². The molecule has 0 fully saturated rings. The average molecular weight is 345 g/mol. The fraction of sp³-hybridized carbons (Fsp3) is 0.235. The Morgan fingerprint density at radius 2 is 1.92 bits per heavy atom. The van der Waals surface area contributed by atoms with Crippen LogP contribution in [0.4, 0.5) is 17.1 Å². The second-order valence-corrected chi connectivity index (χ2v) is 7.68. The molecule has 1 heterocycles. The Morgan fingerprint density at radius 3 is 2.62 bits per heavy atom. The number of anilines is 3. The Hall–Kier alpha value is -2.54. The first kappa shape index (κ1) is 16.3. The molecule has 0 spiro atoms. The number of amides is 1. The fourth-order valence-corrected chi connectivity index (χ4v) is 3.97. The van der Waals surface area contributed by atoms with Gasteiger partial charge in [0.05, 0.1) is 17.0 Å². The Labute approximate surface area is 141 Å². The second kappa shape index (κ2) is 5.83. The smallest absolute Gasteiger partial charge is 0.261 e. The number of hydrogen-bond donors (Lipinski definition) is 2. The van der Waals surface area contributed by atoms with Crippen molar-refractivity contribution < 1.29 is 13.2 Å². The lowest BCUT2D eigenvalue weighted by Crippen LogP contribution is -2.16. The molecular weight excluding hydrogens is 326 g/mol. The standard InChI is InChI=1S/C17H19N3O3S/c1-11-14(5-4-6-16(11)20(2)3)19-24(22,23)13-7-8-15-12(9-13)10-17(21)18-15/h4-9,19H,10H2,1-3H3,(H,18,21). The third-order valence-electron chi connectivity index (χ3n) is 4.04. The van der Waals surface area contributed by atoms with Crippen LogP contribution in [0.15, 0.2) is 41.3 Å². The Morgan fingerprint density at radius 1 is 1.17 bits per heavy atom. The number of carbonyl (C=O) groups is 1. The van der Waals surface area contributed by atoms with Crippen LogP contribution in [-0.2, 0) is 21.2 Å². The van der Waals surface area contributed by atoms with Crippen molar-refractivity contribution in [3.05, 3.63) is 47.5 Å². The Balaban J connectivity index is 1.94. The van der Waals surface area contributed by atoms with Crippen LogP contribution in [0.5, 0.6) is 0 Å². The highest BCUT2D eigenvalue weighted by Crippen LogP contribution is 2.29. The maximum absolute atomic E-state index is 12.7. The molecule has 0 saturated heterocycles. The molecule has 24 heavy (non-hydrogen) atoms. The van der Waals surface area contributed by atoms with E-state index in [1.807, 2.05) is 38.1 Å². The van der Waals surface area contributed by atoms with Crippen molar-refractivity contribution >= 4 is 33.0 Å². The largest absolute Gasteiger partial charge is 0.377 e. The zero-order valence-electron chi connectivity index (χ0n) is 13.8. The summed E-state index contributed by atoms with van der Waals surface area (Å²) in [5.41, 5.74) is 3.70. The lowest BCUT2D eigenvalue weighted by Gasteiger charge is -2.19. The van der Waals surface area contributed by atoms with Gasteiger partial charge in [0.25, 0.3) is 10.0 Å². The predicted octanol–water partition coefficient (Wildman–Crippen LogP) is 2.36. The highest BCUT2D eigenvalue weighted by Gasteiger charge is 2.22. The molecule has 0 saturated carbocycles. The number of sulfonamides is 1. The fourth-order valence-electron chi connectivity index (χ4n) is 2.80. The minimum atomic E-state index is -3.72. The van der Waals surface area contributed by atoms with Gasteiger partial charge in [-0.15, -0.1) is 0 Å². The van der Waals surface area contributed by atoms with E-state index in [9.17, 15) is 13.2 Å². The quantitative estimate of drug-likeness (QED) is 0.892. The summed E-state index contributed by atoms with van der Waals surface area (Å²) in [6.07, 6.45) is 0.202. The summed E-state index contributed by atoms with van der Waals surface area (Å²) >= 11 is 0. The van der Waals surface area contributed by atoms with E-state index < -0.39 is 10.0 Å². The van der Waals surface area contributed by atoms with E-state index in [2.05, 4.69) is 10.0 Å². The van der Waals surface area contributed by atoms with Crippen LogP contribution in [0.3, 0.4) is 0 Å². The van der Waals surface area contributed by atoms with E-state index in [4.69, 9.17) is 0 Å². The van der Waals surface area contributed by atoms with Crippen LogP contribution in [0.25, 0.3) is 0 Å². The summed E-state index contributed by atoms with van der Waals surface area (Å²) in [4.78, 5) is 13.5. The molecule has 2 N–H and O–H groups in total. The van der Waals surface area contributed by atoms with Crippen LogP contribution < -0.4 is 14.9 Å². The van der Waals surface area contributed by atoms with Gasteiger partial charge in [0.2, 0.25) is 5.91 Å². The van der Waals surface area contributed by atoms with Gasteiger partial charge in [-0.1, -0.05) is 6.07 Å². The van der Waals surface area contributed by atoms with E-state index in [0.717, 1.165) is 11.3 Å². The molecule has 1 aliphatic rings. The van der Waals surface area contributed by atoms with Gasteiger partial charge >= 0.3 is 0 Å². The van der Waals surface area contributed by atoms with Gasteiger partial charge in [0.1, 0.15) is 0 Å². The third kappa shape index (κ3) is 2.94. The molecule has 0 radical (unpaired) electrons. The first-order chi connectivity index (χ1) is 11.3. The topological polar surface area (TPSA) is 78.5 Å². The van der Waals surface area contributed by atoms with Crippen LogP contribution in [0.1, 0.15) is 11.1 Å². The van der Waals surface area contributed by atoms with E-state index in [1.165, 1.54) is 6.07 Å². The average Bonchev–Trinajstić information content (AvgIpc) is 2.88. The highest BCUT2D eigenvalue weighted by molar-refractivity contribution is 7.92. The molecule has 0 bridgehead atoms. The minimum Gasteiger partial charge on any atom is -0.377 e. The van der Waals surface area contributed by atoms with Crippen LogP contribution in [-0.4, -0.2) is 28.4 Å². The molecule has 1 amide bonds. The number of hydrogen-bond acceptors (Lipinski definition) is 4. The van der Waals surface area contributed by atoms with Crippen LogP contribution in [0.2, 0.25) is 0 Å². The first-order valence-electron chi connectivity index (χ1n) is 7.50. The van der Waals surface area contributed by atoms with E-state index in [-0.39, 0.29) is 17.2 Å². The van der Waals surface area contributed by atoms with Crippen molar-refractivity contribution in [2.75, 3.05) is 29.0 Å². The Kier molecular flexibility index (Phi) is 3.96. The van der Waals surface area contributed by atoms with Crippen molar-refractivity contribution in [2.24, 2.45) is 0 Å². The molecule has 126 valence electrons. The maximum Gasteiger partial charge on any atom is 0.261 e. The van der Waals surface area contributed by atoms with Crippen LogP contribution in [0, 0.1) is 6.92 Å². The SMILES string of the molecule is Cc1c(NS(=O)(=O)c2ccc3c(c2)CC(=O)N3)cccc1N(C)C. The molecule has 0 atom stereocenters. The number of nitrogens with one attached hydrogen (secondary N) is 2. The van der Waals surface area contributed by atoms with E-state index in [1.54, 1.807) is 18.2 Å². The lowest BCUT2D eigenvalue weighted by atomic mass is 10.1. The van der Waals surface area contributed by atoms with Crippen molar-refractivity contribution in [1.29, 1.82) is 0 Å². The number of nitrogens with zero attached hydrogens (tertiary/aromatic N) is 1. The number of rotatable bonds is 4. The molecule has 0 aliphatic carbocycles. The molecule has 7 heteroatoms. The van der Waals surface area contributed by atoms with Gasteiger partial charge < -0.3 is 10.2 Å². The Bertz CT molecular complexity index is 921. The summed E-state index contributed by atoms with van der Waals surface area (Å²) in [7, 11) is 0.0908. The van der Waals surface area contributed by atoms with Gasteiger partial charge in [0, 0.05) is 25.5 Å². The predicted molar refractivity (Wildman–Crippen MR) is 95.1 cm³/mol. The molecule has 2 aromatic carbocycles. The minimum absolute atomic E-state index is 0.123. The summed E-state index contributed by atoms with van der Waals surface area (Å²) < 4.78 is 28.0. The third-order valence-corrected chi connectivity index (χ3v) is 5.41. The number of carbonyl (C=O) groups excluding carboxylic acids is 1.